The summed E-state index contributed by atoms with van der Waals surface area (Å²) in [5.41, 5.74) is 22.9. The molecule has 0 spiro atoms. The van der Waals surface area contributed by atoms with Crippen molar-refractivity contribution in [2.45, 2.75) is 166 Å². The quantitative estimate of drug-likeness (QED) is 0.0181. The van der Waals surface area contributed by atoms with Gasteiger partial charge in [-0.3, -0.25) is 48.1 Å². The molecule has 1 rings (SSSR count). The Hall–Kier alpha value is -6.78. The van der Waals surface area contributed by atoms with E-state index in [1.165, 1.54) is 37.7 Å². The predicted octanol–water partition coefficient (Wildman–Crippen LogP) is -2.87. The van der Waals surface area contributed by atoms with Crippen LogP contribution in [-0.2, 0) is 54.4 Å². The van der Waals surface area contributed by atoms with Crippen molar-refractivity contribution < 1.29 is 68.4 Å². The van der Waals surface area contributed by atoms with Crippen molar-refractivity contribution in [3.8, 4) is 5.75 Å². The molecule has 0 radical (unpaired) electrons. The van der Waals surface area contributed by atoms with Crippen molar-refractivity contribution in [3.05, 3.63) is 29.8 Å². The molecule has 1 aromatic rings. The third-order valence-corrected chi connectivity index (χ3v) is 12.7. The van der Waals surface area contributed by atoms with Gasteiger partial charge in [-0.05, 0) is 107 Å². The molecule has 0 aliphatic heterocycles. The number of phenols is 1. The predicted molar refractivity (Wildman–Crippen MR) is 287 cm³/mol. The molecule has 20 N–H and O–H groups in total. The summed E-state index contributed by atoms with van der Waals surface area (Å²) in [5.74, 6) is -10.8. The van der Waals surface area contributed by atoms with Gasteiger partial charge in [0, 0.05) is 13.0 Å². The minimum atomic E-state index is -1.85. The van der Waals surface area contributed by atoms with Gasteiger partial charge < -0.3 is 85.9 Å². The number of carbonyl (C=O) groups is 10. The van der Waals surface area contributed by atoms with Gasteiger partial charge in [-0.25, -0.2) is 4.79 Å². The Morgan fingerprint density at radius 3 is 1.57 bits per heavy atom. The number of guanidine groups is 1. The summed E-state index contributed by atoms with van der Waals surface area (Å²) in [7, 11) is 0. The largest absolute Gasteiger partial charge is 0.508 e. The van der Waals surface area contributed by atoms with Crippen molar-refractivity contribution in [1.82, 2.24) is 42.5 Å². The van der Waals surface area contributed by atoms with Gasteiger partial charge in [-0.15, -0.1) is 0 Å². The van der Waals surface area contributed by atoms with Crippen LogP contribution in [0.3, 0.4) is 0 Å². The molecule has 0 aromatic heterocycles. The van der Waals surface area contributed by atoms with E-state index in [1.54, 1.807) is 46.1 Å². The molecule has 11 atom stereocenters. The van der Waals surface area contributed by atoms with E-state index in [-0.39, 0.29) is 69.2 Å². The number of carbonyl (C=O) groups excluding carboxylic acids is 8. The van der Waals surface area contributed by atoms with Gasteiger partial charge >= 0.3 is 11.9 Å². The van der Waals surface area contributed by atoms with Crippen LogP contribution in [0, 0.1) is 11.8 Å². The van der Waals surface area contributed by atoms with E-state index in [0.717, 1.165) is 0 Å². The lowest BCUT2D eigenvalue weighted by Crippen LogP contribution is -2.62. The lowest BCUT2D eigenvalue weighted by atomic mass is 9.96. The Bertz CT molecular complexity index is 2150. The molecule has 11 unspecified atom stereocenters. The number of nitrogens with zero attached hydrogens (tertiary/aromatic N) is 1. The summed E-state index contributed by atoms with van der Waals surface area (Å²) in [5, 5.41) is 59.7. The molecular weight excluding hydrogens is 1030 g/mol. The summed E-state index contributed by atoms with van der Waals surface area (Å²) in [6.45, 7) is 9.76. The summed E-state index contributed by atoms with van der Waals surface area (Å²) in [4.78, 5) is 138. The maximum Gasteiger partial charge on any atom is 0.326 e. The van der Waals surface area contributed by atoms with Crippen LogP contribution in [0.1, 0.15) is 105 Å². The SMILES string of the molecule is CCC(C)C(NC(=O)C(CCCCN)NC(=O)C(CC(C)C)NC(=O)C(NC(=O)C(CCSC)NC(=O)C(Cc1ccc(O)cc1)NC(=O)C(C)N)C(C)O)C(=O)NC(CCCN=C(N)N)C(=O)NC(CC(=O)O)C(=O)O. The third-order valence-electron chi connectivity index (χ3n) is 12.0. The Kier molecular flexibility index (Phi) is 31.5. The van der Waals surface area contributed by atoms with Crippen LogP contribution >= 0.6 is 11.8 Å². The van der Waals surface area contributed by atoms with E-state index in [1.807, 2.05) is 0 Å². The number of aliphatic carboxylic acids is 2. The molecule has 77 heavy (non-hydrogen) atoms. The standard InChI is InChI=1S/C49H83N13O14S/c1-8-26(4)38(46(73)57-32(13-11-20-54-49(52)53)41(68)60-36(48(75)76)24-37(65)66)61-42(69)31(12-9-10-19-50)55-44(71)34(22-25(2)3)59-47(74)39(28(6)63)62-43(70)33(18-21-77-7)56-45(72)35(58-40(67)27(5)51)23-29-14-16-30(64)17-15-29/h14-17,25-28,31-36,38-39,63-64H,8-13,18-24,50-51H2,1-7H3,(H,55,71)(H,56,72)(H,57,73)(H,58,67)(H,59,74)(H,60,68)(H,61,69)(H,62,70)(H,65,66)(H,75,76)(H4,52,53,54). The van der Waals surface area contributed by atoms with Crippen molar-refractivity contribution in [1.29, 1.82) is 0 Å². The number of carboxylic acids is 2. The molecule has 28 heteroatoms. The van der Waals surface area contributed by atoms with E-state index in [9.17, 15) is 68.4 Å². The highest BCUT2D eigenvalue weighted by molar-refractivity contribution is 7.98. The fourth-order valence-electron chi connectivity index (χ4n) is 7.45. The smallest absolute Gasteiger partial charge is 0.326 e. The van der Waals surface area contributed by atoms with E-state index in [0.29, 0.717) is 30.6 Å². The highest BCUT2D eigenvalue weighted by Crippen LogP contribution is 2.15. The van der Waals surface area contributed by atoms with Gasteiger partial charge in [0.25, 0.3) is 0 Å². The molecule has 0 heterocycles. The van der Waals surface area contributed by atoms with Crippen molar-refractivity contribution in [2.75, 3.05) is 25.1 Å². The molecular formula is C49H83N13O14S. The number of hydrogen-bond donors (Lipinski definition) is 16. The van der Waals surface area contributed by atoms with Gasteiger partial charge in [-0.1, -0.05) is 46.2 Å². The maximum absolute atomic E-state index is 14.2. The first-order valence-corrected chi connectivity index (χ1v) is 26.9. The fraction of sp³-hybridized carbons (Fsp3) is 0.653. The zero-order chi connectivity index (χ0) is 58.5. The second-order valence-electron chi connectivity index (χ2n) is 19.2. The van der Waals surface area contributed by atoms with E-state index in [2.05, 4.69) is 47.5 Å². The number of aromatic hydroxyl groups is 1. The van der Waals surface area contributed by atoms with Crippen LogP contribution in [0.15, 0.2) is 29.3 Å². The minimum Gasteiger partial charge on any atom is -0.508 e. The molecule has 27 nitrogen and oxygen atoms in total. The van der Waals surface area contributed by atoms with Gasteiger partial charge in [0.05, 0.1) is 18.6 Å². The average Bonchev–Trinajstić information content (AvgIpc) is 3.35. The van der Waals surface area contributed by atoms with E-state index in [4.69, 9.17) is 22.9 Å². The van der Waals surface area contributed by atoms with Crippen LogP contribution < -0.4 is 65.5 Å². The first-order chi connectivity index (χ1) is 36.1. The second kappa shape index (κ2) is 35.5. The number of nitrogens with two attached hydrogens (primary N) is 4. The summed E-state index contributed by atoms with van der Waals surface area (Å²) in [6, 6.07) is -6.68. The highest BCUT2D eigenvalue weighted by Gasteiger charge is 2.37. The number of nitrogens with one attached hydrogen (secondary N) is 8. The van der Waals surface area contributed by atoms with E-state index < -0.39 is 132 Å². The minimum absolute atomic E-state index is 0.00216. The number of aliphatic hydroxyl groups excluding tert-OH is 1. The molecule has 0 saturated heterocycles. The summed E-state index contributed by atoms with van der Waals surface area (Å²) in [6.07, 6.45) is 0.228. The number of rotatable bonds is 37. The number of unbranched alkanes of at least 4 members (excludes halogenated alkanes) is 1. The van der Waals surface area contributed by atoms with E-state index >= 15 is 0 Å². The number of thioether (sulfide) groups is 1. The van der Waals surface area contributed by atoms with Gasteiger partial charge in [0.15, 0.2) is 5.96 Å². The number of carboxylic acid groups (broad SMARTS) is 2. The molecule has 8 amide bonds. The second-order valence-corrected chi connectivity index (χ2v) is 20.2. The molecule has 0 bridgehead atoms. The molecule has 1 aromatic carbocycles. The van der Waals surface area contributed by atoms with Gasteiger partial charge in [0.2, 0.25) is 47.3 Å². The zero-order valence-corrected chi connectivity index (χ0v) is 45.8. The number of benzene rings is 1. The Morgan fingerprint density at radius 2 is 1.08 bits per heavy atom. The third kappa shape index (κ3) is 26.2. The molecule has 0 fully saturated rings. The highest BCUT2D eigenvalue weighted by atomic mass is 32.2. The first kappa shape index (κ1) is 68.2. The van der Waals surface area contributed by atoms with Crippen LogP contribution in [0.5, 0.6) is 5.75 Å². The lowest BCUT2D eigenvalue weighted by Gasteiger charge is -2.30. The Morgan fingerprint density at radius 1 is 0.610 bits per heavy atom. The van der Waals surface area contributed by atoms with Crippen LogP contribution in [0.4, 0.5) is 0 Å². The van der Waals surface area contributed by atoms with Crippen LogP contribution in [0.25, 0.3) is 0 Å². The molecule has 0 aliphatic rings. The molecule has 434 valence electrons. The van der Waals surface area contributed by atoms with Gasteiger partial charge in [-0.2, -0.15) is 11.8 Å². The fourth-order valence-corrected chi connectivity index (χ4v) is 7.92. The zero-order valence-electron chi connectivity index (χ0n) is 45.0. The molecule has 0 saturated carbocycles. The average molecular weight is 1110 g/mol. The maximum atomic E-state index is 14.2. The topological polar surface area (TPSA) is 464 Å². The van der Waals surface area contributed by atoms with Crippen molar-refractivity contribution >= 4 is 76.9 Å². The van der Waals surface area contributed by atoms with Crippen molar-refractivity contribution in [2.24, 2.45) is 39.8 Å². The van der Waals surface area contributed by atoms with Crippen LogP contribution in [0.2, 0.25) is 0 Å². The summed E-state index contributed by atoms with van der Waals surface area (Å²) < 4.78 is 0. The lowest BCUT2D eigenvalue weighted by molar-refractivity contribution is -0.147. The Balaban J connectivity index is 3.51. The van der Waals surface area contributed by atoms with Gasteiger partial charge in [0.1, 0.15) is 54.1 Å². The Labute approximate surface area is 453 Å². The first-order valence-electron chi connectivity index (χ1n) is 25.5. The number of amides is 8. The normalized spacial score (nSPS) is 15.4. The summed E-state index contributed by atoms with van der Waals surface area (Å²) >= 11 is 1.36. The number of aliphatic hydroxyl groups is 1. The molecule has 0 aliphatic carbocycles. The van der Waals surface area contributed by atoms with Crippen LogP contribution in [-0.4, -0.2) is 171 Å². The monoisotopic (exact) mass is 1110 g/mol. The van der Waals surface area contributed by atoms with Crippen molar-refractivity contribution in [3.63, 3.8) is 0 Å². The number of hydrogen-bond acceptors (Lipinski definition) is 16. The number of aliphatic imine (C=N–C) groups is 1. The number of phenolic OH excluding ortho intramolecular Hbond substituents is 1.